The summed E-state index contributed by atoms with van der Waals surface area (Å²) in [5.74, 6) is 0.865. The van der Waals surface area contributed by atoms with E-state index in [1.807, 2.05) is 48.6 Å². The van der Waals surface area contributed by atoms with Crippen molar-refractivity contribution in [1.29, 1.82) is 0 Å². The Balaban J connectivity index is 2.04. The molecule has 17 heavy (non-hydrogen) atoms. The fraction of sp³-hybridized carbons (Fsp3) is 0.133. The summed E-state index contributed by atoms with van der Waals surface area (Å²) < 4.78 is 5.07. The molecule has 86 valence electrons. The number of benzene rings is 1. The van der Waals surface area contributed by atoms with Gasteiger partial charge in [-0.05, 0) is 30.2 Å². The normalized spacial score (nSPS) is 14.1. The van der Waals surface area contributed by atoms with E-state index in [2.05, 4.69) is 0 Å². The zero-order chi connectivity index (χ0) is 12.1. The molecule has 2 heteroatoms. The van der Waals surface area contributed by atoms with Crippen molar-refractivity contribution in [2.45, 2.75) is 6.42 Å². The standard InChI is InChI=1S/C15H14O2/c1-17-14-9-6-12(7-10-14)8-11-15(16)13-4-2-3-5-13/h2,4-11H,3H2,1H3/b11-8+. The SMILES string of the molecule is COc1ccc(/C=C/C(=O)C2=CCC=C2)cc1. The number of carbonyl (C=O) groups excluding carboxylic acids is 1. The van der Waals surface area contributed by atoms with Crippen molar-refractivity contribution in [3.05, 3.63) is 59.7 Å². The molecule has 0 fully saturated rings. The van der Waals surface area contributed by atoms with Gasteiger partial charge in [-0.25, -0.2) is 0 Å². The third-order valence-electron chi connectivity index (χ3n) is 2.60. The monoisotopic (exact) mass is 226 g/mol. The molecule has 0 heterocycles. The molecule has 0 aliphatic heterocycles. The fourth-order valence-corrected chi connectivity index (χ4v) is 1.62. The molecule has 1 aromatic carbocycles. The van der Waals surface area contributed by atoms with Gasteiger partial charge in [0.1, 0.15) is 5.75 Å². The molecular formula is C15H14O2. The van der Waals surface area contributed by atoms with E-state index in [4.69, 9.17) is 4.74 Å². The lowest BCUT2D eigenvalue weighted by molar-refractivity contribution is -0.111. The molecule has 1 aromatic rings. The lowest BCUT2D eigenvalue weighted by atomic mass is 10.1. The van der Waals surface area contributed by atoms with E-state index in [0.717, 1.165) is 23.3 Å². The molecular weight excluding hydrogens is 212 g/mol. The average molecular weight is 226 g/mol. The highest BCUT2D eigenvalue weighted by molar-refractivity contribution is 6.08. The number of ketones is 1. The first-order valence-corrected chi connectivity index (χ1v) is 5.53. The smallest absolute Gasteiger partial charge is 0.185 e. The maximum atomic E-state index is 11.7. The van der Waals surface area contributed by atoms with Crippen molar-refractivity contribution < 1.29 is 9.53 Å². The van der Waals surface area contributed by atoms with Crippen molar-refractivity contribution in [1.82, 2.24) is 0 Å². The Morgan fingerprint density at radius 1 is 1.29 bits per heavy atom. The van der Waals surface area contributed by atoms with Crippen molar-refractivity contribution in [2.75, 3.05) is 7.11 Å². The molecule has 0 unspecified atom stereocenters. The number of rotatable bonds is 4. The molecule has 1 aliphatic carbocycles. The summed E-state index contributed by atoms with van der Waals surface area (Å²) >= 11 is 0. The van der Waals surface area contributed by atoms with E-state index in [-0.39, 0.29) is 5.78 Å². The Morgan fingerprint density at radius 3 is 2.65 bits per heavy atom. The van der Waals surface area contributed by atoms with Gasteiger partial charge in [-0.3, -0.25) is 4.79 Å². The number of hydrogen-bond donors (Lipinski definition) is 0. The summed E-state index contributed by atoms with van der Waals surface area (Å²) in [6.45, 7) is 0. The van der Waals surface area contributed by atoms with Crippen LogP contribution in [-0.2, 0) is 4.79 Å². The van der Waals surface area contributed by atoms with E-state index < -0.39 is 0 Å². The zero-order valence-electron chi connectivity index (χ0n) is 9.72. The van der Waals surface area contributed by atoms with Crippen LogP contribution in [0.25, 0.3) is 6.08 Å². The molecule has 0 aromatic heterocycles. The van der Waals surface area contributed by atoms with Crippen molar-refractivity contribution in [3.8, 4) is 5.75 Å². The first-order chi connectivity index (χ1) is 8.29. The Kier molecular flexibility index (Phi) is 3.55. The molecule has 0 saturated heterocycles. The van der Waals surface area contributed by atoms with Crippen LogP contribution in [0.5, 0.6) is 5.75 Å². The minimum atomic E-state index is 0.0505. The molecule has 2 rings (SSSR count). The summed E-state index contributed by atoms with van der Waals surface area (Å²) in [5, 5.41) is 0. The van der Waals surface area contributed by atoms with Crippen LogP contribution in [0.2, 0.25) is 0 Å². The predicted octanol–water partition coefficient (Wildman–Crippen LogP) is 3.16. The van der Waals surface area contributed by atoms with Gasteiger partial charge < -0.3 is 4.74 Å². The van der Waals surface area contributed by atoms with E-state index in [0.29, 0.717) is 0 Å². The van der Waals surface area contributed by atoms with Crippen molar-refractivity contribution in [2.24, 2.45) is 0 Å². The molecule has 2 nitrogen and oxygen atoms in total. The van der Waals surface area contributed by atoms with Crippen LogP contribution in [0.1, 0.15) is 12.0 Å². The van der Waals surface area contributed by atoms with Crippen LogP contribution in [0.4, 0.5) is 0 Å². The number of ether oxygens (including phenoxy) is 1. The summed E-state index contributed by atoms with van der Waals surface area (Å²) in [7, 11) is 1.63. The van der Waals surface area contributed by atoms with E-state index in [1.54, 1.807) is 13.2 Å². The molecule has 1 aliphatic rings. The van der Waals surface area contributed by atoms with Gasteiger partial charge in [-0.15, -0.1) is 0 Å². The van der Waals surface area contributed by atoms with Crippen LogP contribution >= 0.6 is 0 Å². The number of hydrogen-bond acceptors (Lipinski definition) is 2. The number of allylic oxidation sites excluding steroid dienone is 5. The number of carbonyl (C=O) groups is 1. The van der Waals surface area contributed by atoms with Crippen molar-refractivity contribution in [3.63, 3.8) is 0 Å². The van der Waals surface area contributed by atoms with Gasteiger partial charge in [0.05, 0.1) is 7.11 Å². The second-order valence-electron chi connectivity index (χ2n) is 3.77. The summed E-state index contributed by atoms with van der Waals surface area (Å²) in [5.41, 5.74) is 1.76. The highest BCUT2D eigenvalue weighted by Gasteiger charge is 2.04. The van der Waals surface area contributed by atoms with Gasteiger partial charge >= 0.3 is 0 Å². The quantitative estimate of drug-likeness (QED) is 0.737. The third kappa shape index (κ3) is 2.94. The topological polar surface area (TPSA) is 26.3 Å². The van der Waals surface area contributed by atoms with Gasteiger partial charge in [-0.1, -0.05) is 36.4 Å². The number of methoxy groups -OCH3 is 1. The van der Waals surface area contributed by atoms with Gasteiger partial charge in [0.15, 0.2) is 5.78 Å². The molecule has 0 spiro atoms. The first kappa shape index (κ1) is 11.4. The largest absolute Gasteiger partial charge is 0.497 e. The molecule has 0 N–H and O–H groups in total. The molecule has 0 atom stereocenters. The second-order valence-corrected chi connectivity index (χ2v) is 3.77. The summed E-state index contributed by atoms with van der Waals surface area (Å²) in [4.78, 5) is 11.7. The van der Waals surface area contributed by atoms with Crippen LogP contribution in [0.15, 0.2) is 54.1 Å². The molecule has 0 saturated carbocycles. The van der Waals surface area contributed by atoms with Crippen LogP contribution in [0.3, 0.4) is 0 Å². The lowest BCUT2D eigenvalue weighted by Gasteiger charge is -1.99. The van der Waals surface area contributed by atoms with E-state index in [1.165, 1.54) is 0 Å². The first-order valence-electron chi connectivity index (χ1n) is 5.53. The predicted molar refractivity (Wildman–Crippen MR) is 68.9 cm³/mol. The zero-order valence-corrected chi connectivity index (χ0v) is 9.72. The average Bonchev–Trinajstić information content (AvgIpc) is 2.90. The van der Waals surface area contributed by atoms with Crippen LogP contribution < -0.4 is 4.74 Å². The van der Waals surface area contributed by atoms with Gasteiger partial charge in [0.2, 0.25) is 0 Å². The Bertz CT molecular complexity index is 490. The maximum Gasteiger partial charge on any atom is 0.185 e. The summed E-state index contributed by atoms with van der Waals surface area (Å²) in [6.07, 6.45) is 10.0. The maximum absolute atomic E-state index is 11.7. The van der Waals surface area contributed by atoms with Gasteiger partial charge in [0.25, 0.3) is 0 Å². The highest BCUT2D eigenvalue weighted by atomic mass is 16.5. The third-order valence-corrected chi connectivity index (χ3v) is 2.60. The van der Waals surface area contributed by atoms with Crippen LogP contribution in [-0.4, -0.2) is 12.9 Å². The minimum Gasteiger partial charge on any atom is -0.497 e. The van der Waals surface area contributed by atoms with Crippen molar-refractivity contribution >= 4 is 11.9 Å². The Labute approximate surface area is 101 Å². The molecule has 0 radical (unpaired) electrons. The van der Waals surface area contributed by atoms with Gasteiger partial charge in [0, 0.05) is 5.57 Å². The molecule has 0 amide bonds. The van der Waals surface area contributed by atoms with Gasteiger partial charge in [-0.2, -0.15) is 0 Å². The Hall–Kier alpha value is -2.09. The lowest BCUT2D eigenvalue weighted by Crippen LogP contribution is -1.93. The second kappa shape index (κ2) is 5.30. The van der Waals surface area contributed by atoms with E-state index >= 15 is 0 Å². The highest BCUT2D eigenvalue weighted by Crippen LogP contribution is 2.14. The Morgan fingerprint density at radius 2 is 2.06 bits per heavy atom. The fourth-order valence-electron chi connectivity index (χ4n) is 1.62. The van der Waals surface area contributed by atoms with Crippen LogP contribution in [0, 0.1) is 0 Å². The summed E-state index contributed by atoms with van der Waals surface area (Å²) in [6, 6.07) is 7.58. The molecule has 0 bridgehead atoms. The van der Waals surface area contributed by atoms with E-state index in [9.17, 15) is 4.79 Å². The minimum absolute atomic E-state index is 0.0505.